The molecule has 0 atom stereocenters. The molecule has 0 aliphatic rings. The number of nitrogens with zero attached hydrogens (tertiary/aromatic N) is 1. The van der Waals surface area contributed by atoms with Crippen LogP contribution in [-0.4, -0.2) is 28.9 Å². The number of nitrogens with two attached hydrogens (primary N) is 1. The fourth-order valence-corrected chi connectivity index (χ4v) is 2.41. The summed E-state index contributed by atoms with van der Waals surface area (Å²) in [7, 11) is 0. The molecule has 0 saturated carbocycles. The first-order valence-corrected chi connectivity index (χ1v) is 7.26. The summed E-state index contributed by atoms with van der Waals surface area (Å²) in [4.78, 5) is 14.2. The molecule has 0 aromatic heterocycles. The molecule has 92 valence electrons. The summed E-state index contributed by atoms with van der Waals surface area (Å²) in [5, 5.41) is 0. The van der Waals surface area contributed by atoms with Crippen LogP contribution in [0.25, 0.3) is 0 Å². The van der Waals surface area contributed by atoms with Crippen molar-refractivity contribution in [3.8, 4) is 0 Å². The van der Waals surface area contributed by atoms with Crippen LogP contribution >= 0.6 is 50.7 Å². The Morgan fingerprint density at radius 2 is 2.24 bits per heavy atom. The van der Waals surface area contributed by atoms with Crippen LogP contribution in [0.2, 0.25) is 0 Å². The van der Waals surface area contributed by atoms with Crippen molar-refractivity contribution in [1.29, 1.82) is 0 Å². The van der Waals surface area contributed by atoms with Crippen molar-refractivity contribution in [2.45, 2.75) is 6.92 Å². The Morgan fingerprint density at radius 3 is 2.76 bits per heavy atom. The topological polar surface area (TPSA) is 46.3 Å². The van der Waals surface area contributed by atoms with Gasteiger partial charge >= 0.3 is 0 Å². The van der Waals surface area contributed by atoms with Crippen LogP contribution in [0.3, 0.4) is 0 Å². The number of amides is 1. The smallest absolute Gasteiger partial charge is 0.255 e. The standard InChI is InChI=1S/C11H12BrIN2OS/c1-2-15(6-10(14)17)11(16)8-5-7(13)3-4-9(8)12/h3-5H,2,6H2,1H3,(H2,14,17). The second-order valence-electron chi connectivity index (χ2n) is 3.41. The number of likely N-dealkylation sites (N-methyl/N-ethyl adjacent to an activating group) is 1. The van der Waals surface area contributed by atoms with Crippen LogP contribution < -0.4 is 5.73 Å². The predicted octanol–water partition coefficient (Wildman–Crippen LogP) is 2.80. The van der Waals surface area contributed by atoms with Gasteiger partial charge < -0.3 is 10.6 Å². The van der Waals surface area contributed by atoms with Crippen molar-refractivity contribution < 1.29 is 4.79 Å². The van der Waals surface area contributed by atoms with E-state index in [0.717, 1.165) is 8.04 Å². The van der Waals surface area contributed by atoms with Crippen LogP contribution in [0.1, 0.15) is 17.3 Å². The van der Waals surface area contributed by atoms with Gasteiger partial charge in [-0.3, -0.25) is 4.79 Å². The lowest BCUT2D eigenvalue weighted by Crippen LogP contribution is -2.37. The highest BCUT2D eigenvalue weighted by atomic mass is 127. The zero-order valence-electron chi connectivity index (χ0n) is 9.24. The van der Waals surface area contributed by atoms with Gasteiger partial charge in [0.05, 0.1) is 17.1 Å². The Kier molecular flexibility index (Phi) is 5.81. The van der Waals surface area contributed by atoms with Crippen LogP contribution in [0.4, 0.5) is 0 Å². The minimum atomic E-state index is -0.0642. The Morgan fingerprint density at radius 1 is 1.59 bits per heavy atom. The maximum atomic E-state index is 12.3. The number of thiocarbonyl (C=S) groups is 1. The summed E-state index contributed by atoms with van der Waals surface area (Å²) in [6.45, 7) is 2.79. The molecule has 0 heterocycles. The molecule has 0 fully saturated rings. The number of carbonyl (C=O) groups is 1. The monoisotopic (exact) mass is 426 g/mol. The van der Waals surface area contributed by atoms with Gasteiger partial charge in [0.1, 0.15) is 0 Å². The average molecular weight is 427 g/mol. The molecule has 0 bridgehead atoms. The Bertz CT molecular complexity index is 453. The number of carbonyl (C=O) groups excluding carboxylic acids is 1. The molecule has 3 nitrogen and oxygen atoms in total. The second-order valence-corrected chi connectivity index (χ2v) is 6.03. The quantitative estimate of drug-likeness (QED) is 0.594. The lowest BCUT2D eigenvalue weighted by Gasteiger charge is -2.20. The number of hydrogen-bond donors (Lipinski definition) is 1. The molecule has 0 aliphatic heterocycles. The fourth-order valence-electron chi connectivity index (χ4n) is 1.35. The molecule has 0 spiro atoms. The van der Waals surface area contributed by atoms with E-state index in [1.54, 1.807) is 4.90 Å². The first-order valence-electron chi connectivity index (χ1n) is 4.98. The van der Waals surface area contributed by atoms with E-state index in [1.165, 1.54) is 0 Å². The molecule has 0 unspecified atom stereocenters. The molecule has 0 aliphatic carbocycles. The van der Waals surface area contributed by atoms with Crippen LogP contribution in [0.5, 0.6) is 0 Å². The van der Waals surface area contributed by atoms with Gasteiger partial charge in [-0.05, 0) is 63.6 Å². The highest BCUT2D eigenvalue weighted by Gasteiger charge is 2.17. The van der Waals surface area contributed by atoms with E-state index >= 15 is 0 Å². The van der Waals surface area contributed by atoms with Crippen molar-refractivity contribution in [2.24, 2.45) is 5.73 Å². The normalized spacial score (nSPS) is 10.1. The molecular formula is C11H12BrIN2OS. The fraction of sp³-hybridized carbons (Fsp3) is 0.273. The summed E-state index contributed by atoms with van der Waals surface area (Å²) >= 11 is 10.4. The van der Waals surface area contributed by atoms with Gasteiger partial charge in [0.15, 0.2) is 0 Å². The minimum absolute atomic E-state index is 0.0642. The van der Waals surface area contributed by atoms with Gasteiger partial charge in [-0.1, -0.05) is 12.2 Å². The lowest BCUT2D eigenvalue weighted by molar-refractivity contribution is 0.0787. The highest BCUT2D eigenvalue weighted by molar-refractivity contribution is 14.1. The van der Waals surface area contributed by atoms with E-state index < -0.39 is 0 Å². The number of hydrogen-bond acceptors (Lipinski definition) is 2. The molecule has 17 heavy (non-hydrogen) atoms. The summed E-state index contributed by atoms with van der Waals surface area (Å²) in [5.41, 5.74) is 6.11. The van der Waals surface area contributed by atoms with Crippen molar-refractivity contribution in [3.63, 3.8) is 0 Å². The third-order valence-electron chi connectivity index (χ3n) is 2.17. The minimum Gasteiger partial charge on any atom is -0.392 e. The number of rotatable bonds is 4. The molecule has 0 radical (unpaired) electrons. The highest BCUT2D eigenvalue weighted by Crippen LogP contribution is 2.21. The Hall–Kier alpha value is -0.210. The van der Waals surface area contributed by atoms with Gasteiger partial charge in [0.2, 0.25) is 0 Å². The molecule has 1 aromatic rings. The zero-order chi connectivity index (χ0) is 13.0. The summed E-state index contributed by atoms with van der Waals surface area (Å²) < 4.78 is 1.80. The maximum Gasteiger partial charge on any atom is 0.255 e. The average Bonchev–Trinajstić information content (AvgIpc) is 2.28. The number of halogens is 2. The van der Waals surface area contributed by atoms with Gasteiger partial charge in [-0.15, -0.1) is 0 Å². The van der Waals surface area contributed by atoms with Crippen molar-refractivity contribution in [1.82, 2.24) is 4.90 Å². The summed E-state index contributed by atoms with van der Waals surface area (Å²) in [6, 6.07) is 5.64. The summed E-state index contributed by atoms with van der Waals surface area (Å²) in [6.07, 6.45) is 0. The van der Waals surface area contributed by atoms with E-state index in [0.29, 0.717) is 23.6 Å². The molecule has 6 heteroatoms. The van der Waals surface area contributed by atoms with Gasteiger partial charge in [-0.25, -0.2) is 0 Å². The van der Waals surface area contributed by atoms with Crippen LogP contribution in [0.15, 0.2) is 22.7 Å². The molecule has 1 rings (SSSR count). The number of benzene rings is 1. The largest absolute Gasteiger partial charge is 0.392 e. The lowest BCUT2D eigenvalue weighted by atomic mass is 10.2. The Labute approximate surface area is 128 Å². The SMILES string of the molecule is CCN(CC(N)=S)C(=O)c1cc(I)ccc1Br. The van der Waals surface area contributed by atoms with Crippen LogP contribution in [-0.2, 0) is 0 Å². The first kappa shape index (κ1) is 14.8. The van der Waals surface area contributed by atoms with E-state index in [2.05, 4.69) is 38.5 Å². The molecule has 1 amide bonds. The molecule has 2 N–H and O–H groups in total. The second kappa shape index (κ2) is 6.65. The third kappa shape index (κ3) is 4.18. The van der Waals surface area contributed by atoms with Crippen LogP contribution in [0, 0.1) is 3.57 Å². The summed E-state index contributed by atoms with van der Waals surface area (Å²) in [5.74, 6) is -0.0642. The van der Waals surface area contributed by atoms with E-state index in [4.69, 9.17) is 18.0 Å². The van der Waals surface area contributed by atoms with Gasteiger partial charge in [0.25, 0.3) is 5.91 Å². The van der Waals surface area contributed by atoms with E-state index in [9.17, 15) is 4.79 Å². The van der Waals surface area contributed by atoms with Crippen molar-refractivity contribution >= 4 is 61.6 Å². The van der Waals surface area contributed by atoms with E-state index in [1.807, 2.05) is 25.1 Å². The zero-order valence-corrected chi connectivity index (χ0v) is 13.8. The first-order chi connectivity index (χ1) is 7.95. The molecule has 0 saturated heterocycles. The predicted molar refractivity (Wildman–Crippen MR) is 85.2 cm³/mol. The molecular weight excluding hydrogens is 415 g/mol. The third-order valence-corrected chi connectivity index (χ3v) is 3.67. The van der Waals surface area contributed by atoms with Gasteiger partial charge in [0, 0.05) is 14.6 Å². The van der Waals surface area contributed by atoms with Crippen molar-refractivity contribution in [3.05, 3.63) is 31.8 Å². The Balaban J connectivity index is 3.01. The molecule has 1 aromatic carbocycles. The maximum absolute atomic E-state index is 12.3. The van der Waals surface area contributed by atoms with E-state index in [-0.39, 0.29) is 5.91 Å². The van der Waals surface area contributed by atoms with Crippen molar-refractivity contribution in [2.75, 3.05) is 13.1 Å². The van der Waals surface area contributed by atoms with Gasteiger partial charge in [-0.2, -0.15) is 0 Å².